The van der Waals surface area contributed by atoms with Crippen LogP contribution in [0.1, 0.15) is 12.8 Å². The van der Waals surface area contributed by atoms with E-state index < -0.39 is 6.61 Å². The second kappa shape index (κ2) is 8.19. The summed E-state index contributed by atoms with van der Waals surface area (Å²) in [5.41, 5.74) is 0.576. The minimum atomic E-state index is -2.84. The summed E-state index contributed by atoms with van der Waals surface area (Å²) < 4.78 is 28.3. The van der Waals surface area contributed by atoms with Crippen LogP contribution in [-0.2, 0) is 4.79 Å². The molecule has 1 heterocycles. The number of thioether (sulfide) groups is 1. The number of halogens is 2. The van der Waals surface area contributed by atoms with Gasteiger partial charge in [-0.1, -0.05) is 0 Å². The van der Waals surface area contributed by atoms with Gasteiger partial charge in [0.25, 0.3) is 0 Å². The summed E-state index contributed by atoms with van der Waals surface area (Å²) in [6, 6.07) is 5.90. The largest absolute Gasteiger partial charge is 0.435 e. The maximum atomic E-state index is 12.0. The molecule has 7 heteroatoms. The molecular formula is C14H18F2N2O2S. The number of ether oxygens (including phenoxy) is 1. The molecule has 0 atom stereocenters. The predicted octanol–water partition coefficient (Wildman–Crippen LogP) is 2.71. The Morgan fingerprint density at radius 1 is 1.33 bits per heavy atom. The van der Waals surface area contributed by atoms with Crippen LogP contribution in [0, 0.1) is 0 Å². The van der Waals surface area contributed by atoms with Gasteiger partial charge in [0, 0.05) is 10.9 Å². The summed E-state index contributed by atoms with van der Waals surface area (Å²) >= 11 is 1.66. The van der Waals surface area contributed by atoms with E-state index in [-0.39, 0.29) is 11.7 Å². The fraction of sp³-hybridized carbons (Fsp3) is 0.500. The van der Waals surface area contributed by atoms with E-state index in [1.54, 1.807) is 23.9 Å². The Hall–Kier alpha value is -1.34. The molecule has 0 radical (unpaired) electrons. The van der Waals surface area contributed by atoms with Gasteiger partial charge >= 0.3 is 6.61 Å². The number of hydrogen-bond donors (Lipinski definition) is 2. The van der Waals surface area contributed by atoms with Crippen LogP contribution in [0.3, 0.4) is 0 Å². The zero-order chi connectivity index (χ0) is 15.1. The first-order valence-corrected chi connectivity index (χ1v) is 7.85. The molecule has 0 aromatic heterocycles. The zero-order valence-corrected chi connectivity index (χ0v) is 12.3. The van der Waals surface area contributed by atoms with E-state index >= 15 is 0 Å². The van der Waals surface area contributed by atoms with Gasteiger partial charge in [-0.2, -0.15) is 8.78 Å². The Labute approximate surface area is 126 Å². The zero-order valence-electron chi connectivity index (χ0n) is 11.5. The molecule has 1 aromatic rings. The third kappa shape index (κ3) is 5.89. The second-order valence-corrected chi connectivity index (χ2v) is 6.00. The monoisotopic (exact) mass is 316 g/mol. The molecule has 1 saturated heterocycles. The van der Waals surface area contributed by atoms with E-state index in [2.05, 4.69) is 15.4 Å². The molecule has 1 aliphatic rings. The lowest BCUT2D eigenvalue weighted by atomic mass is 10.2. The fourth-order valence-corrected chi connectivity index (χ4v) is 3.10. The summed E-state index contributed by atoms with van der Waals surface area (Å²) in [5, 5.41) is 6.55. The normalized spacial score (nSPS) is 16.0. The molecule has 116 valence electrons. The molecule has 0 spiro atoms. The van der Waals surface area contributed by atoms with Crippen molar-refractivity contribution in [1.29, 1.82) is 0 Å². The Morgan fingerprint density at radius 2 is 2.00 bits per heavy atom. The van der Waals surface area contributed by atoms with E-state index in [1.165, 1.54) is 12.1 Å². The van der Waals surface area contributed by atoms with E-state index in [4.69, 9.17) is 0 Å². The van der Waals surface area contributed by atoms with Crippen molar-refractivity contribution in [1.82, 2.24) is 5.32 Å². The molecule has 0 aliphatic carbocycles. The number of piperidine rings is 1. The van der Waals surface area contributed by atoms with Crippen LogP contribution in [0.15, 0.2) is 24.3 Å². The lowest BCUT2D eigenvalue weighted by Gasteiger charge is -2.21. The fourth-order valence-electron chi connectivity index (χ4n) is 2.07. The van der Waals surface area contributed by atoms with Crippen molar-refractivity contribution >= 4 is 23.4 Å². The lowest BCUT2D eigenvalue weighted by Crippen LogP contribution is -2.30. The van der Waals surface area contributed by atoms with E-state index in [0.29, 0.717) is 16.7 Å². The average Bonchev–Trinajstić information content (AvgIpc) is 2.48. The number of benzene rings is 1. The topological polar surface area (TPSA) is 50.4 Å². The number of carbonyl (C=O) groups is 1. The van der Waals surface area contributed by atoms with E-state index in [0.717, 1.165) is 25.9 Å². The van der Waals surface area contributed by atoms with Gasteiger partial charge < -0.3 is 15.4 Å². The molecule has 21 heavy (non-hydrogen) atoms. The summed E-state index contributed by atoms with van der Waals surface area (Å²) in [6.07, 6.45) is 2.16. The second-order valence-electron chi connectivity index (χ2n) is 4.71. The van der Waals surface area contributed by atoms with Crippen molar-refractivity contribution in [3.05, 3.63) is 24.3 Å². The first-order valence-electron chi connectivity index (χ1n) is 6.80. The number of alkyl halides is 2. The van der Waals surface area contributed by atoms with Gasteiger partial charge in [-0.25, -0.2) is 0 Å². The van der Waals surface area contributed by atoms with Crippen LogP contribution in [0.5, 0.6) is 5.75 Å². The standard InChI is InChI=1S/C14H18F2N2O2S/c15-14(16)20-11-3-1-10(2-4-11)18-13(19)9-21-12-5-7-17-8-6-12/h1-4,12,14,17H,5-9H2,(H,18,19). The average molecular weight is 316 g/mol. The smallest absolute Gasteiger partial charge is 0.387 e. The van der Waals surface area contributed by atoms with E-state index in [9.17, 15) is 13.6 Å². The SMILES string of the molecule is O=C(CSC1CCNCC1)Nc1ccc(OC(F)F)cc1. The summed E-state index contributed by atoms with van der Waals surface area (Å²) in [5.74, 6) is 0.396. The van der Waals surface area contributed by atoms with Gasteiger partial charge in [-0.15, -0.1) is 11.8 Å². The quantitative estimate of drug-likeness (QED) is 0.847. The van der Waals surface area contributed by atoms with Crippen LogP contribution < -0.4 is 15.4 Å². The Morgan fingerprint density at radius 3 is 2.62 bits per heavy atom. The van der Waals surface area contributed by atoms with Crippen LogP contribution in [0.4, 0.5) is 14.5 Å². The minimum absolute atomic E-state index is 0.0760. The van der Waals surface area contributed by atoms with Crippen LogP contribution in [0.2, 0.25) is 0 Å². The third-order valence-electron chi connectivity index (χ3n) is 3.10. The van der Waals surface area contributed by atoms with Gasteiger partial charge in [-0.05, 0) is 50.2 Å². The third-order valence-corrected chi connectivity index (χ3v) is 4.47. The highest BCUT2D eigenvalue weighted by Gasteiger charge is 2.15. The Bertz CT molecular complexity index is 451. The maximum Gasteiger partial charge on any atom is 0.387 e. The highest BCUT2D eigenvalue weighted by Crippen LogP contribution is 2.21. The van der Waals surface area contributed by atoms with Gasteiger partial charge in [0.1, 0.15) is 5.75 Å². The Balaban J connectivity index is 1.74. The lowest BCUT2D eigenvalue weighted by molar-refractivity contribution is -0.113. The van der Waals surface area contributed by atoms with E-state index in [1.807, 2.05) is 0 Å². The first kappa shape index (κ1) is 16.0. The molecular weight excluding hydrogens is 298 g/mol. The van der Waals surface area contributed by atoms with Gasteiger partial charge in [-0.3, -0.25) is 4.79 Å². The molecule has 2 rings (SSSR count). The van der Waals surface area contributed by atoms with Crippen molar-refractivity contribution in [3.63, 3.8) is 0 Å². The van der Waals surface area contributed by atoms with Crippen molar-refractivity contribution in [2.24, 2.45) is 0 Å². The van der Waals surface area contributed by atoms with Crippen LogP contribution in [-0.4, -0.2) is 36.6 Å². The number of carbonyl (C=O) groups excluding carboxylic acids is 1. The molecule has 4 nitrogen and oxygen atoms in total. The predicted molar refractivity (Wildman–Crippen MR) is 80.1 cm³/mol. The highest BCUT2D eigenvalue weighted by molar-refractivity contribution is 8.00. The minimum Gasteiger partial charge on any atom is -0.435 e. The summed E-state index contributed by atoms with van der Waals surface area (Å²) in [4.78, 5) is 11.8. The first-order chi connectivity index (χ1) is 10.1. The molecule has 0 unspecified atom stereocenters. The number of rotatable bonds is 6. The highest BCUT2D eigenvalue weighted by atomic mass is 32.2. The molecule has 0 saturated carbocycles. The number of anilines is 1. The summed E-state index contributed by atoms with van der Waals surface area (Å²) in [6.45, 7) is -0.831. The molecule has 1 amide bonds. The van der Waals surface area contributed by atoms with Crippen molar-refractivity contribution < 1.29 is 18.3 Å². The van der Waals surface area contributed by atoms with Gasteiger partial charge in [0.15, 0.2) is 0 Å². The van der Waals surface area contributed by atoms with Crippen LogP contribution >= 0.6 is 11.8 Å². The Kier molecular flexibility index (Phi) is 6.25. The van der Waals surface area contributed by atoms with Gasteiger partial charge in [0.2, 0.25) is 5.91 Å². The van der Waals surface area contributed by atoms with Crippen molar-refractivity contribution in [3.8, 4) is 5.75 Å². The molecule has 1 fully saturated rings. The molecule has 1 aliphatic heterocycles. The summed E-state index contributed by atoms with van der Waals surface area (Å²) in [7, 11) is 0. The number of hydrogen-bond acceptors (Lipinski definition) is 4. The van der Waals surface area contributed by atoms with Crippen molar-refractivity contribution in [2.75, 3.05) is 24.2 Å². The molecule has 1 aromatic carbocycles. The number of nitrogens with one attached hydrogen (secondary N) is 2. The van der Waals surface area contributed by atoms with Gasteiger partial charge in [0.05, 0.1) is 5.75 Å². The molecule has 0 bridgehead atoms. The maximum absolute atomic E-state index is 12.0. The van der Waals surface area contributed by atoms with Crippen molar-refractivity contribution in [2.45, 2.75) is 24.7 Å². The molecule has 2 N–H and O–H groups in total. The van der Waals surface area contributed by atoms with Crippen LogP contribution in [0.25, 0.3) is 0 Å². The number of amides is 1.